The predicted octanol–water partition coefficient (Wildman–Crippen LogP) is 2.28. The van der Waals surface area contributed by atoms with Crippen LogP contribution in [0.3, 0.4) is 0 Å². The van der Waals surface area contributed by atoms with Crippen molar-refractivity contribution in [1.29, 1.82) is 5.26 Å². The molecule has 1 amide bonds. The molecule has 2 aromatic carbocycles. The topological polar surface area (TPSA) is 104 Å². The van der Waals surface area contributed by atoms with Crippen LogP contribution in [0.2, 0.25) is 0 Å². The Balaban J connectivity index is 2.16. The summed E-state index contributed by atoms with van der Waals surface area (Å²) in [6, 6.07) is 13.9. The molecule has 1 N–H and O–H groups in total. The van der Waals surface area contributed by atoms with E-state index in [1.165, 1.54) is 37.3 Å². The van der Waals surface area contributed by atoms with Crippen molar-refractivity contribution < 1.29 is 18.0 Å². The standard InChI is InChI=1S/C18H14N2O4S/c1-13(21)16-6-3-7-17(11-16)25(23,24)20-18(22)9-8-14-4-2-5-15(10-14)12-19/h2-11H,1H3,(H,20,22)/b9-8-. The van der Waals surface area contributed by atoms with E-state index >= 15 is 0 Å². The summed E-state index contributed by atoms with van der Waals surface area (Å²) < 4.78 is 26.3. The van der Waals surface area contributed by atoms with E-state index < -0.39 is 15.9 Å². The van der Waals surface area contributed by atoms with Gasteiger partial charge < -0.3 is 0 Å². The monoisotopic (exact) mass is 354 g/mol. The summed E-state index contributed by atoms with van der Waals surface area (Å²) in [5.74, 6) is -1.11. The third kappa shape index (κ3) is 4.86. The summed E-state index contributed by atoms with van der Waals surface area (Å²) in [4.78, 5) is 23.0. The van der Waals surface area contributed by atoms with Crippen LogP contribution < -0.4 is 4.72 Å². The zero-order chi connectivity index (χ0) is 18.4. The first-order valence-corrected chi connectivity index (χ1v) is 8.66. The Morgan fingerprint density at radius 2 is 1.84 bits per heavy atom. The zero-order valence-electron chi connectivity index (χ0n) is 13.3. The van der Waals surface area contributed by atoms with Gasteiger partial charge in [0.15, 0.2) is 5.78 Å². The molecule has 0 saturated heterocycles. The average molecular weight is 354 g/mol. The fraction of sp³-hybridized carbons (Fsp3) is 0.0556. The number of hydrogen-bond acceptors (Lipinski definition) is 5. The lowest BCUT2D eigenvalue weighted by Crippen LogP contribution is -2.29. The van der Waals surface area contributed by atoms with Gasteiger partial charge in [0, 0.05) is 11.6 Å². The largest absolute Gasteiger partial charge is 0.295 e. The molecule has 0 radical (unpaired) electrons. The van der Waals surface area contributed by atoms with Gasteiger partial charge in [-0.2, -0.15) is 5.26 Å². The normalized spacial score (nSPS) is 11.0. The SMILES string of the molecule is CC(=O)c1cccc(S(=O)(=O)NC(=O)/C=C\c2cccc(C#N)c2)c1. The van der Waals surface area contributed by atoms with E-state index in [2.05, 4.69) is 0 Å². The molecule has 0 aliphatic rings. The lowest BCUT2D eigenvalue weighted by atomic mass is 10.1. The lowest BCUT2D eigenvalue weighted by molar-refractivity contribution is -0.114. The lowest BCUT2D eigenvalue weighted by Gasteiger charge is -2.06. The summed E-state index contributed by atoms with van der Waals surface area (Å²) in [5, 5.41) is 8.82. The molecule has 7 heteroatoms. The molecule has 0 heterocycles. The molecule has 0 spiro atoms. The number of nitrogens with zero attached hydrogens (tertiary/aromatic N) is 1. The van der Waals surface area contributed by atoms with E-state index in [1.807, 2.05) is 10.8 Å². The Bertz CT molecular complexity index is 1000. The van der Waals surface area contributed by atoms with Crippen LogP contribution in [-0.2, 0) is 14.8 Å². The molecule has 0 aliphatic carbocycles. The summed E-state index contributed by atoms with van der Waals surface area (Å²) in [6.45, 7) is 1.32. The maximum atomic E-state index is 12.2. The van der Waals surface area contributed by atoms with Crippen LogP contribution in [-0.4, -0.2) is 20.1 Å². The van der Waals surface area contributed by atoms with Crippen molar-refractivity contribution in [1.82, 2.24) is 4.72 Å². The average Bonchev–Trinajstić information content (AvgIpc) is 2.60. The number of nitrogens with one attached hydrogen (secondary N) is 1. The zero-order valence-corrected chi connectivity index (χ0v) is 14.1. The Kier molecular flexibility index (Phi) is 5.47. The summed E-state index contributed by atoms with van der Waals surface area (Å²) in [5.41, 5.74) is 1.25. The van der Waals surface area contributed by atoms with Crippen LogP contribution in [0.4, 0.5) is 0 Å². The number of nitriles is 1. The van der Waals surface area contributed by atoms with Crippen LogP contribution in [0.1, 0.15) is 28.4 Å². The number of Topliss-reactive ketones (excluding diaryl/α,β-unsaturated/α-hetero) is 1. The molecule has 0 unspecified atom stereocenters. The number of rotatable bonds is 5. The minimum Gasteiger partial charge on any atom is -0.295 e. The number of sulfonamides is 1. The van der Waals surface area contributed by atoms with Crippen LogP contribution in [0.5, 0.6) is 0 Å². The molecule has 2 rings (SSSR count). The third-order valence-electron chi connectivity index (χ3n) is 3.23. The molecule has 6 nitrogen and oxygen atoms in total. The fourth-order valence-corrected chi connectivity index (χ4v) is 2.98. The van der Waals surface area contributed by atoms with Crippen LogP contribution in [0.15, 0.2) is 59.5 Å². The van der Waals surface area contributed by atoms with Crippen molar-refractivity contribution in [3.63, 3.8) is 0 Å². The molecule has 0 bridgehead atoms. The molecule has 2 aromatic rings. The second-order valence-corrected chi connectivity index (χ2v) is 6.81. The van der Waals surface area contributed by atoms with Gasteiger partial charge in [-0.15, -0.1) is 0 Å². The van der Waals surface area contributed by atoms with Gasteiger partial charge in [0.2, 0.25) is 0 Å². The minimum absolute atomic E-state index is 0.173. The first-order valence-electron chi connectivity index (χ1n) is 7.18. The van der Waals surface area contributed by atoms with Gasteiger partial charge >= 0.3 is 0 Å². The number of benzene rings is 2. The smallest absolute Gasteiger partial charge is 0.264 e. The van der Waals surface area contributed by atoms with Gasteiger partial charge in [0.05, 0.1) is 16.5 Å². The number of hydrogen-bond donors (Lipinski definition) is 1. The minimum atomic E-state index is -4.09. The second-order valence-electron chi connectivity index (χ2n) is 5.12. The fourth-order valence-electron chi connectivity index (χ4n) is 1.99. The van der Waals surface area contributed by atoms with Crippen molar-refractivity contribution in [3.8, 4) is 6.07 Å². The van der Waals surface area contributed by atoms with E-state index in [0.29, 0.717) is 11.1 Å². The summed E-state index contributed by atoms with van der Waals surface area (Å²) in [6.07, 6.45) is 2.46. The quantitative estimate of drug-likeness (QED) is 0.655. The first kappa shape index (κ1) is 18.1. The molecule has 126 valence electrons. The Morgan fingerprint density at radius 1 is 1.12 bits per heavy atom. The number of ketones is 1. The van der Waals surface area contributed by atoms with Crippen molar-refractivity contribution >= 4 is 27.8 Å². The summed E-state index contributed by atoms with van der Waals surface area (Å²) in [7, 11) is -4.09. The highest BCUT2D eigenvalue weighted by molar-refractivity contribution is 7.90. The third-order valence-corrected chi connectivity index (χ3v) is 4.57. The second kappa shape index (κ2) is 7.55. The maximum Gasteiger partial charge on any atom is 0.264 e. The summed E-state index contributed by atoms with van der Waals surface area (Å²) >= 11 is 0. The van der Waals surface area contributed by atoms with Crippen molar-refractivity contribution in [2.75, 3.05) is 0 Å². The molecule has 0 fully saturated rings. The maximum absolute atomic E-state index is 12.2. The molecular weight excluding hydrogens is 340 g/mol. The van der Waals surface area contributed by atoms with Gasteiger partial charge in [0.25, 0.3) is 15.9 Å². The van der Waals surface area contributed by atoms with E-state index in [0.717, 1.165) is 6.08 Å². The number of carbonyl (C=O) groups is 2. The Labute approximate surface area is 145 Å². The van der Waals surface area contributed by atoms with Gasteiger partial charge in [-0.25, -0.2) is 13.1 Å². The Morgan fingerprint density at radius 3 is 2.52 bits per heavy atom. The van der Waals surface area contributed by atoms with E-state index in [4.69, 9.17) is 5.26 Å². The van der Waals surface area contributed by atoms with Crippen LogP contribution in [0, 0.1) is 11.3 Å². The van der Waals surface area contributed by atoms with Crippen LogP contribution in [0.25, 0.3) is 6.08 Å². The van der Waals surface area contributed by atoms with E-state index in [-0.39, 0.29) is 16.2 Å². The van der Waals surface area contributed by atoms with Gasteiger partial charge in [-0.05, 0) is 42.8 Å². The van der Waals surface area contributed by atoms with Crippen molar-refractivity contribution in [2.45, 2.75) is 11.8 Å². The molecule has 25 heavy (non-hydrogen) atoms. The number of carbonyl (C=O) groups excluding carboxylic acids is 2. The molecule has 0 atom stereocenters. The van der Waals surface area contributed by atoms with Gasteiger partial charge in [-0.1, -0.05) is 24.3 Å². The number of amides is 1. The van der Waals surface area contributed by atoms with E-state index in [1.54, 1.807) is 24.3 Å². The van der Waals surface area contributed by atoms with E-state index in [9.17, 15) is 18.0 Å². The Hall–Kier alpha value is -3.24. The molecule has 0 aliphatic heterocycles. The highest BCUT2D eigenvalue weighted by atomic mass is 32.2. The van der Waals surface area contributed by atoms with Crippen molar-refractivity contribution in [2.24, 2.45) is 0 Å². The van der Waals surface area contributed by atoms with Gasteiger partial charge in [0.1, 0.15) is 0 Å². The van der Waals surface area contributed by atoms with Crippen LogP contribution >= 0.6 is 0 Å². The van der Waals surface area contributed by atoms with Gasteiger partial charge in [-0.3, -0.25) is 9.59 Å². The molecular formula is C18H14N2O4S. The van der Waals surface area contributed by atoms with Crippen molar-refractivity contribution in [3.05, 3.63) is 71.3 Å². The highest BCUT2D eigenvalue weighted by Crippen LogP contribution is 2.12. The molecule has 0 saturated carbocycles. The highest BCUT2D eigenvalue weighted by Gasteiger charge is 2.17. The molecule has 0 aromatic heterocycles. The first-order chi connectivity index (χ1) is 11.8. The predicted molar refractivity (Wildman–Crippen MR) is 92.0 cm³/mol.